The number of ether oxygens (including phenoxy) is 1. The number of hydrogen-bond donors (Lipinski definition) is 1. The Labute approximate surface area is 143 Å². The van der Waals surface area contributed by atoms with Crippen molar-refractivity contribution in [3.05, 3.63) is 58.3 Å². The largest absolute Gasteiger partial charge is 0.378 e. The average molecular weight is 330 g/mol. The van der Waals surface area contributed by atoms with E-state index in [9.17, 15) is 0 Å². The number of hydrogen-bond acceptors (Lipinski definition) is 4. The summed E-state index contributed by atoms with van der Waals surface area (Å²) in [5.41, 5.74) is 1.37. The molecule has 23 heavy (non-hydrogen) atoms. The van der Waals surface area contributed by atoms with Crippen LogP contribution in [0.2, 0.25) is 0 Å². The second kappa shape index (κ2) is 8.60. The van der Waals surface area contributed by atoms with Gasteiger partial charge in [-0.1, -0.05) is 36.4 Å². The molecule has 1 aliphatic rings. The predicted octanol–water partition coefficient (Wildman–Crippen LogP) is 3.17. The fourth-order valence-electron chi connectivity index (χ4n) is 3.30. The molecule has 1 N–H and O–H groups in total. The molecule has 0 spiro atoms. The Morgan fingerprint density at radius 3 is 2.83 bits per heavy atom. The minimum Gasteiger partial charge on any atom is -0.378 e. The first-order chi connectivity index (χ1) is 11.3. The molecule has 1 aromatic carbocycles. The Bertz CT molecular complexity index is 552. The van der Waals surface area contributed by atoms with Gasteiger partial charge >= 0.3 is 0 Å². The van der Waals surface area contributed by atoms with Gasteiger partial charge in [-0.25, -0.2) is 0 Å². The highest BCUT2D eigenvalue weighted by Crippen LogP contribution is 2.19. The van der Waals surface area contributed by atoms with Crippen molar-refractivity contribution in [3.63, 3.8) is 0 Å². The number of benzene rings is 1. The SMILES string of the molecule is CN(Cc1ccccc1)C(CCc1cccs1)C1COCCN1. The zero-order valence-electron chi connectivity index (χ0n) is 13.8. The molecule has 2 atom stereocenters. The molecule has 3 nitrogen and oxygen atoms in total. The van der Waals surface area contributed by atoms with E-state index in [4.69, 9.17) is 4.74 Å². The van der Waals surface area contributed by atoms with Crippen LogP contribution in [0.1, 0.15) is 16.9 Å². The molecule has 4 heteroatoms. The van der Waals surface area contributed by atoms with Gasteiger partial charge in [0.05, 0.1) is 13.2 Å². The normalized spacial score (nSPS) is 19.8. The molecule has 3 rings (SSSR count). The molecule has 1 fully saturated rings. The fraction of sp³-hybridized carbons (Fsp3) is 0.474. The van der Waals surface area contributed by atoms with Crippen LogP contribution in [0.3, 0.4) is 0 Å². The first kappa shape index (κ1) is 16.7. The lowest BCUT2D eigenvalue weighted by Gasteiger charge is -2.37. The quantitative estimate of drug-likeness (QED) is 0.844. The van der Waals surface area contributed by atoms with Crippen LogP contribution in [-0.2, 0) is 17.7 Å². The molecule has 0 saturated carbocycles. The summed E-state index contributed by atoms with van der Waals surface area (Å²) in [6, 6.07) is 16.0. The second-order valence-corrected chi connectivity index (χ2v) is 7.25. The van der Waals surface area contributed by atoms with Crippen LogP contribution in [0.5, 0.6) is 0 Å². The van der Waals surface area contributed by atoms with E-state index in [1.54, 1.807) is 0 Å². The zero-order valence-corrected chi connectivity index (χ0v) is 14.6. The van der Waals surface area contributed by atoms with Gasteiger partial charge in [-0.05, 0) is 36.9 Å². The third-order valence-corrected chi connectivity index (χ3v) is 5.46. The van der Waals surface area contributed by atoms with Crippen molar-refractivity contribution in [2.75, 3.05) is 26.8 Å². The van der Waals surface area contributed by atoms with Gasteiger partial charge in [0.2, 0.25) is 0 Å². The molecule has 124 valence electrons. The third kappa shape index (κ3) is 4.88. The summed E-state index contributed by atoms with van der Waals surface area (Å²) in [7, 11) is 2.24. The van der Waals surface area contributed by atoms with Gasteiger partial charge in [0, 0.05) is 30.1 Å². The number of thiophene rings is 1. The number of nitrogens with zero attached hydrogens (tertiary/aromatic N) is 1. The summed E-state index contributed by atoms with van der Waals surface area (Å²) in [5.74, 6) is 0. The topological polar surface area (TPSA) is 24.5 Å². The average Bonchev–Trinajstić information content (AvgIpc) is 3.10. The zero-order chi connectivity index (χ0) is 15.9. The molecular weight excluding hydrogens is 304 g/mol. The standard InChI is InChI=1S/C19H26N2OS/c1-21(14-16-6-3-2-4-7-16)19(18-15-22-12-11-20-18)10-9-17-8-5-13-23-17/h2-8,13,18-20H,9-12,14-15H2,1H3. The molecule has 0 aliphatic carbocycles. The first-order valence-electron chi connectivity index (χ1n) is 8.40. The Morgan fingerprint density at radius 2 is 2.13 bits per heavy atom. The van der Waals surface area contributed by atoms with Crippen LogP contribution in [0.15, 0.2) is 47.8 Å². The van der Waals surface area contributed by atoms with Crippen molar-refractivity contribution in [2.24, 2.45) is 0 Å². The van der Waals surface area contributed by atoms with Crippen LogP contribution in [0, 0.1) is 0 Å². The molecule has 2 unspecified atom stereocenters. The van der Waals surface area contributed by atoms with Gasteiger partial charge in [0.25, 0.3) is 0 Å². The van der Waals surface area contributed by atoms with E-state index in [0.717, 1.165) is 39.1 Å². The van der Waals surface area contributed by atoms with E-state index in [0.29, 0.717) is 12.1 Å². The van der Waals surface area contributed by atoms with Crippen LogP contribution in [-0.4, -0.2) is 43.8 Å². The van der Waals surface area contributed by atoms with Crippen molar-refractivity contribution >= 4 is 11.3 Å². The van der Waals surface area contributed by atoms with Crippen LogP contribution >= 0.6 is 11.3 Å². The molecule has 0 amide bonds. The smallest absolute Gasteiger partial charge is 0.0635 e. The monoisotopic (exact) mass is 330 g/mol. The van der Waals surface area contributed by atoms with Crippen molar-refractivity contribution < 1.29 is 4.74 Å². The van der Waals surface area contributed by atoms with Crippen molar-refractivity contribution in [2.45, 2.75) is 31.5 Å². The van der Waals surface area contributed by atoms with Crippen LogP contribution in [0.4, 0.5) is 0 Å². The Hall–Kier alpha value is -1.20. The highest BCUT2D eigenvalue weighted by molar-refractivity contribution is 7.09. The first-order valence-corrected chi connectivity index (χ1v) is 9.28. The Kier molecular flexibility index (Phi) is 6.22. The third-order valence-electron chi connectivity index (χ3n) is 4.52. The Morgan fingerprint density at radius 1 is 1.26 bits per heavy atom. The minimum absolute atomic E-state index is 0.414. The maximum absolute atomic E-state index is 5.71. The van der Waals surface area contributed by atoms with E-state index in [2.05, 4.69) is 65.1 Å². The van der Waals surface area contributed by atoms with Gasteiger partial charge in [-0.2, -0.15) is 0 Å². The van der Waals surface area contributed by atoms with Crippen molar-refractivity contribution in [1.82, 2.24) is 10.2 Å². The summed E-state index contributed by atoms with van der Waals surface area (Å²) >= 11 is 1.86. The second-order valence-electron chi connectivity index (χ2n) is 6.22. The van der Waals surface area contributed by atoms with E-state index in [-0.39, 0.29) is 0 Å². The predicted molar refractivity (Wildman–Crippen MR) is 96.9 cm³/mol. The number of aryl methyl sites for hydroxylation is 1. The fourth-order valence-corrected chi connectivity index (χ4v) is 4.02. The lowest BCUT2D eigenvalue weighted by atomic mass is 9.99. The number of rotatable bonds is 7. The maximum atomic E-state index is 5.71. The van der Waals surface area contributed by atoms with E-state index in [1.165, 1.54) is 10.4 Å². The van der Waals surface area contributed by atoms with E-state index in [1.807, 2.05) is 11.3 Å². The highest BCUT2D eigenvalue weighted by Gasteiger charge is 2.27. The van der Waals surface area contributed by atoms with Crippen LogP contribution < -0.4 is 5.32 Å². The molecule has 1 aliphatic heterocycles. The lowest BCUT2D eigenvalue weighted by Crippen LogP contribution is -2.54. The number of morpholine rings is 1. The van der Waals surface area contributed by atoms with E-state index >= 15 is 0 Å². The number of likely N-dealkylation sites (N-methyl/N-ethyl adjacent to an activating group) is 1. The summed E-state index contributed by atoms with van der Waals surface area (Å²) in [6.07, 6.45) is 2.30. The molecule has 0 radical (unpaired) electrons. The highest BCUT2D eigenvalue weighted by atomic mass is 32.1. The number of nitrogens with one attached hydrogen (secondary N) is 1. The summed E-state index contributed by atoms with van der Waals surface area (Å²) in [4.78, 5) is 3.95. The van der Waals surface area contributed by atoms with Crippen molar-refractivity contribution in [3.8, 4) is 0 Å². The summed E-state index contributed by atoms with van der Waals surface area (Å²) in [5, 5.41) is 5.82. The minimum atomic E-state index is 0.414. The van der Waals surface area contributed by atoms with Gasteiger partial charge in [-0.15, -0.1) is 11.3 Å². The molecule has 1 saturated heterocycles. The van der Waals surface area contributed by atoms with E-state index < -0.39 is 0 Å². The summed E-state index contributed by atoms with van der Waals surface area (Å²) < 4.78 is 5.71. The lowest BCUT2D eigenvalue weighted by molar-refractivity contribution is 0.0371. The van der Waals surface area contributed by atoms with Gasteiger partial charge in [-0.3, -0.25) is 4.90 Å². The van der Waals surface area contributed by atoms with Crippen molar-refractivity contribution in [1.29, 1.82) is 0 Å². The summed E-state index contributed by atoms with van der Waals surface area (Å²) in [6.45, 7) is 3.58. The molecule has 2 heterocycles. The molecule has 1 aromatic heterocycles. The molecule has 0 bridgehead atoms. The van der Waals surface area contributed by atoms with Gasteiger partial charge < -0.3 is 10.1 Å². The molecular formula is C19H26N2OS. The van der Waals surface area contributed by atoms with Gasteiger partial charge in [0.1, 0.15) is 0 Å². The Balaban J connectivity index is 1.65. The van der Waals surface area contributed by atoms with Gasteiger partial charge in [0.15, 0.2) is 0 Å². The van der Waals surface area contributed by atoms with Crippen LogP contribution in [0.25, 0.3) is 0 Å². The maximum Gasteiger partial charge on any atom is 0.0635 e. The molecule has 2 aromatic rings.